The molecule has 0 bridgehead atoms. The van der Waals surface area contributed by atoms with Gasteiger partial charge in [0, 0.05) is 12.1 Å². The summed E-state index contributed by atoms with van der Waals surface area (Å²) in [6.45, 7) is 4.77. The molecule has 1 saturated heterocycles. The highest BCUT2D eigenvalue weighted by atomic mass is 16.3. The second kappa shape index (κ2) is 5.65. The van der Waals surface area contributed by atoms with Gasteiger partial charge in [0.1, 0.15) is 0 Å². The lowest BCUT2D eigenvalue weighted by Crippen LogP contribution is -2.46. The number of likely N-dealkylation sites (tertiary alicyclic amines) is 1. The average molecular weight is 233 g/mol. The Balaban J connectivity index is 2.22. The number of hydrogen-bond acceptors (Lipinski definition) is 2. The van der Waals surface area contributed by atoms with Crippen LogP contribution < -0.4 is 0 Å². The zero-order valence-electron chi connectivity index (χ0n) is 10.8. The summed E-state index contributed by atoms with van der Waals surface area (Å²) in [6.07, 6.45) is 3.80. The van der Waals surface area contributed by atoms with Crippen molar-refractivity contribution >= 4 is 0 Å². The van der Waals surface area contributed by atoms with Crippen LogP contribution >= 0.6 is 0 Å². The predicted molar refractivity (Wildman–Crippen MR) is 70.9 cm³/mol. The van der Waals surface area contributed by atoms with E-state index in [0.717, 1.165) is 0 Å². The first-order valence-corrected chi connectivity index (χ1v) is 6.67. The van der Waals surface area contributed by atoms with Crippen molar-refractivity contribution in [3.05, 3.63) is 35.9 Å². The molecule has 3 atom stereocenters. The van der Waals surface area contributed by atoms with Crippen molar-refractivity contribution in [3.63, 3.8) is 0 Å². The number of aliphatic hydroxyl groups is 1. The lowest BCUT2D eigenvalue weighted by Gasteiger charge is -2.43. The molecule has 2 heteroatoms. The minimum Gasteiger partial charge on any atom is -0.394 e. The van der Waals surface area contributed by atoms with Crippen molar-refractivity contribution < 1.29 is 5.11 Å². The Morgan fingerprint density at radius 2 is 1.76 bits per heavy atom. The topological polar surface area (TPSA) is 23.5 Å². The molecule has 2 nitrogen and oxygen atoms in total. The Kier molecular flexibility index (Phi) is 4.19. The molecule has 1 heterocycles. The normalized spacial score (nSPS) is 27.9. The molecule has 2 rings (SSSR count). The lowest BCUT2D eigenvalue weighted by molar-refractivity contribution is 0.0249. The van der Waals surface area contributed by atoms with E-state index in [2.05, 4.69) is 43.0 Å². The number of rotatable bonds is 3. The number of aliphatic hydroxyl groups excluding tert-OH is 1. The van der Waals surface area contributed by atoms with Crippen LogP contribution in [-0.2, 0) is 0 Å². The highest BCUT2D eigenvalue weighted by Gasteiger charge is 2.31. The van der Waals surface area contributed by atoms with Crippen LogP contribution in [0.2, 0.25) is 0 Å². The SMILES string of the molecule is C[C@@H]1CCC[C@H](C)N1[C@@H](CO)c1ccccc1. The minimum atomic E-state index is 0.154. The van der Waals surface area contributed by atoms with Crippen molar-refractivity contribution in [2.45, 2.75) is 51.2 Å². The molecule has 1 N–H and O–H groups in total. The van der Waals surface area contributed by atoms with Crippen LogP contribution in [0.25, 0.3) is 0 Å². The predicted octanol–water partition coefficient (Wildman–Crippen LogP) is 2.98. The molecule has 0 saturated carbocycles. The van der Waals surface area contributed by atoms with Gasteiger partial charge in [0.05, 0.1) is 12.6 Å². The van der Waals surface area contributed by atoms with Gasteiger partial charge in [-0.1, -0.05) is 36.8 Å². The van der Waals surface area contributed by atoms with E-state index in [-0.39, 0.29) is 12.6 Å². The number of hydrogen-bond donors (Lipinski definition) is 1. The smallest absolute Gasteiger partial charge is 0.0628 e. The fourth-order valence-electron chi connectivity index (χ4n) is 3.10. The quantitative estimate of drug-likeness (QED) is 0.867. The van der Waals surface area contributed by atoms with Gasteiger partial charge in [0.25, 0.3) is 0 Å². The number of nitrogens with zero attached hydrogens (tertiary/aromatic N) is 1. The second-order valence-electron chi connectivity index (χ2n) is 5.19. The Bertz CT molecular complexity index is 328. The Morgan fingerprint density at radius 3 is 2.29 bits per heavy atom. The highest BCUT2D eigenvalue weighted by molar-refractivity contribution is 5.19. The third-order valence-electron chi connectivity index (χ3n) is 3.98. The number of benzene rings is 1. The first-order chi connectivity index (χ1) is 8.24. The molecule has 0 radical (unpaired) electrons. The van der Waals surface area contributed by atoms with Gasteiger partial charge in [-0.3, -0.25) is 4.90 Å². The molecule has 1 aromatic carbocycles. The van der Waals surface area contributed by atoms with Crippen molar-refractivity contribution in [1.29, 1.82) is 0 Å². The van der Waals surface area contributed by atoms with Crippen molar-refractivity contribution in [1.82, 2.24) is 4.90 Å². The largest absolute Gasteiger partial charge is 0.394 e. The summed E-state index contributed by atoms with van der Waals surface area (Å²) in [5.74, 6) is 0. The Hall–Kier alpha value is -0.860. The van der Waals surface area contributed by atoms with Crippen LogP contribution in [0.5, 0.6) is 0 Å². The molecule has 17 heavy (non-hydrogen) atoms. The maximum absolute atomic E-state index is 9.73. The average Bonchev–Trinajstić information content (AvgIpc) is 2.35. The van der Waals surface area contributed by atoms with Crippen molar-refractivity contribution in [2.75, 3.05) is 6.61 Å². The fraction of sp³-hybridized carbons (Fsp3) is 0.600. The maximum Gasteiger partial charge on any atom is 0.0628 e. The van der Waals surface area contributed by atoms with Gasteiger partial charge >= 0.3 is 0 Å². The summed E-state index contributed by atoms with van der Waals surface area (Å²) in [5, 5.41) is 9.73. The molecule has 0 aliphatic carbocycles. The summed E-state index contributed by atoms with van der Waals surface area (Å²) in [4.78, 5) is 2.48. The lowest BCUT2D eigenvalue weighted by atomic mass is 9.93. The second-order valence-corrected chi connectivity index (χ2v) is 5.19. The van der Waals surface area contributed by atoms with Crippen molar-refractivity contribution in [2.24, 2.45) is 0 Å². The van der Waals surface area contributed by atoms with E-state index >= 15 is 0 Å². The van der Waals surface area contributed by atoms with Gasteiger partial charge < -0.3 is 5.11 Å². The Morgan fingerprint density at radius 1 is 1.18 bits per heavy atom. The van der Waals surface area contributed by atoms with E-state index < -0.39 is 0 Å². The number of piperidine rings is 1. The van der Waals surface area contributed by atoms with Gasteiger partial charge in [0.2, 0.25) is 0 Å². The first kappa shape index (κ1) is 12.6. The summed E-state index contributed by atoms with van der Waals surface area (Å²) in [5.41, 5.74) is 1.23. The first-order valence-electron chi connectivity index (χ1n) is 6.67. The molecule has 0 spiro atoms. The minimum absolute atomic E-state index is 0.154. The molecule has 0 aromatic heterocycles. The van der Waals surface area contributed by atoms with Crippen molar-refractivity contribution in [3.8, 4) is 0 Å². The van der Waals surface area contributed by atoms with E-state index in [4.69, 9.17) is 0 Å². The third-order valence-corrected chi connectivity index (χ3v) is 3.98. The third kappa shape index (κ3) is 2.70. The molecule has 1 fully saturated rings. The molecular weight excluding hydrogens is 210 g/mol. The molecule has 0 amide bonds. The van der Waals surface area contributed by atoms with E-state index in [9.17, 15) is 5.11 Å². The molecule has 94 valence electrons. The van der Waals surface area contributed by atoms with Gasteiger partial charge in [-0.05, 0) is 32.3 Å². The Labute approximate surface area is 104 Å². The highest BCUT2D eigenvalue weighted by Crippen LogP contribution is 2.31. The molecule has 1 aliphatic rings. The zero-order valence-corrected chi connectivity index (χ0v) is 10.8. The molecule has 1 aromatic rings. The summed E-state index contributed by atoms with van der Waals surface area (Å²) in [7, 11) is 0. The van der Waals surface area contributed by atoms with Crippen LogP contribution in [0.1, 0.15) is 44.7 Å². The van der Waals surface area contributed by atoms with Gasteiger partial charge in [-0.2, -0.15) is 0 Å². The van der Waals surface area contributed by atoms with Crippen LogP contribution in [0, 0.1) is 0 Å². The maximum atomic E-state index is 9.73. The van der Waals surface area contributed by atoms with Gasteiger partial charge in [-0.15, -0.1) is 0 Å². The monoisotopic (exact) mass is 233 g/mol. The van der Waals surface area contributed by atoms with Crippen LogP contribution in [-0.4, -0.2) is 28.7 Å². The standard InChI is InChI=1S/C15H23NO/c1-12-7-6-8-13(2)16(12)15(11-17)14-9-4-3-5-10-14/h3-5,9-10,12-13,15,17H,6-8,11H2,1-2H3/t12-,13+,15-/m0/s1. The van der Waals surface area contributed by atoms with E-state index in [0.29, 0.717) is 12.1 Å². The molecule has 1 aliphatic heterocycles. The molecule has 0 unspecified atom stereocenters. The van der Waals surface area contributed by atoms with E-state index in [1.807, 2.05) is 6.07 Å². The fourth-order valence-corrected chi connectivity index (χ4v) is 3.10. The van der Waals surface area contributed by atoms with Crippen LogP contribution in [0.3, 0.4) is 0 Å². The summed E-state index contributed by atoms with van der Waals surface area (Å²) >= 11 is 0. The van der Waals surface area contributed by atoms with Crippen LogP contribution in [0.4, 0.5) is 0 Å². The van der Waals surface area contributed by atoms with Gasteiger partial charge in [0.15, 0.2) is 0 Å². The van der Waals surface area contributed by atoms with E-state index in [1.165, 1.54) is 24.8 Å². The summed E-state index contributed by atoms with van der Waals surface area (Å²) in [6, 6.07) is 11.7. The van der Waals surface area contributed by atoms with E-state index in [1.54, 1.807) is 0 Å². The zero-order chi connectivity index (χ0) is 12.3. The summed E-state index contributed by atoms with van der Waals surface area (Å²) < 4.78 is 0. The molecular formula is C15H23NO. The van der Waals surface area contributed by atoms with Gasteiger partial charge in [-0.25, -0.2) is 0 Å². The van der Waals surface area contributed by atoms with Crippen LogP contribution in [0.15, 0.2) is 30.3 Å².